The summed E-state index contributed by atoms with van der Waals surface area (Å²) in [6.45, 7) is 2.79. The van der Waals surface area contributed by atoms with Gasteiger partial charge in [0, 0.05) is 39.4 Å². The summed E-state index contributed by atoms with van der Waals surface area (Å²) in [4.78, 5) is 16.0. The molecule has 1 fully saturated rings. The lowest BCUT2D eigenvalue weighted by molar-refractivity contribution is -0.128. The molecule has 0 aliphatic carbocycles. The van der Waals surface area contributed by atoms with Crippen LogP contribution in [0.3, 0.4) is 0 Å². The molecule has 1 aromatic rings. The quantitative estimate of drug-likeness (QED) is 0.904. The Kier molecular flexibility index (Phi) is 3.66. The molecule has 0 aromatic heterocycles. The van der Waals surface area contributed by atoms with E-state index in [1.165, 1.54) is 29.7 Å². The topological polar surface area (TPSA) is 35.6 Å². The second-order valence-electron chi connectivity index (χ2n) is 5.97. The number of aryl methyl sites for hydroxylation is 1. The summed E-state index contributed by atoms with van der Waals surface area (Å²) in [6.07, 6.45) is 3.31. The van der Waals surface area contributed by atoms with Gasteiger partial charge in [-0.3, -0.25) is 4.79 Å². The highest BCUT2D eigenvalue weighted by atomic mass is 16.2. The van der Waals surface area contributed by atoms with Gasteiger partial charge in [0.1, 0.15) is 0 Å². The van der Waals surface area contributed by atoms with E-state index in [-0.39, 0.29) is 11.9 Å². The number of carbonyl (C=O) groups excluding carboxylic acids is 1. The molecule has 0 spiro atoms. The molecule has 108 valence electrons. The monoisotopic (exact) mass is 273 g/mol. The van der Waals surface area contributed by atoms with Gasteiger partial charge in [0.2, 0.25) is 5.91 Å². The zero-order chi connectivity index (χ0) is 14.1. The van der Waals surface area contributed by atoms with Gasteiger partial charge in [0.05, 0.1) is 6.04 Å². The molecule has 2 heterocycles. The van der Waals surface area contributed by atoms with Crippen molar-refractivity contribution in [2.45, 2.75) is 31.8 Å². The molecule has 3 rings (SSSR count). The van der Waals surface area contributed by atoms with Crippen LogP contribution in [0.1, 0.15) is 24.0 Å². The Morgan fingerprint density at radius 1 is 1.25 bits per heavy atom. The van der Waals surface area contributed by atoms with Crippen LogP contribution < -0.4 is 10.2 Å². The van der Waals surface area contributed by atoms with Gasteiger partial charge in [0.15, 0.2) is 0 Å². The second kappa shape index (κ2) is 5.44. The summed E-state index contributed by atoms with van der Waals surface area (Å²) in [5, 5.41) is 3.39. The van der Waals surface area contributed by atoms with Crippen LogP contribution in [-0.2, 0) is 17.8 Å². The molecule has 4 heteroatoms. The van der Waals surface area contributed by atoms with Gasteiger partial charge in [-0.1, -0.05) is 12.1 Å². The van der Waals surface area contributed by atoms with E-state index < -0.39 is 0 Å². The number of anilines is 1. The number of hydrogen-bond donors (Lipinski definition) is 1. The molecule has 0 saturated carbocycles. The number of fused-ring (bicyclic) bond motifs is 1. The summed E-state index contributed by atoms with van der Waals surface area (Å²) < 4.78 is 0. The fourth-order valence-electron chi connectivity index (χ4n) is 3.20. The van der Waals surface area contributed by atoms with Crippen LogP contribution in [0, 0.1) is 0 Å². The normalized spacial score (nSPS) is 22.3. The number of amides is 1. The van der Waals surface area contributed by atoms with Gasteiger partial charge < -0.3 is 15.1 Å². The largest absolute Gasteiger partial charge is 0.374 e. The third-order valence-electron chi connectivity index (χ3n) is 4.47. The zero-order valence-corrected chi connectivity index (χ0v) is 12.4. The Labute approximate surface area is 120 Å². The minimum absolute atomic E-state index is 0.00120. The van der Waals surface area contributed by atoms with E-state index in [0.717, 1.165) is 26.1 Å². The molecule has 0 radical (unpaired) electrons. The number of likely N-dealkylation sites (N-methyl/N-ethyl adjacent to an activating group) is 1. The Hall–Kier alpha value is -1.55. The molecular formula is C16H23N3O. The van der Waals surface area contributed by atoms with Gasteiger partial charge >= 0.3 is 0 Å². The van der Waals surface area contributed by atoms with E-state index in [4.69, 9.17) is 0 Å². The fourth-order valence-corrected chi connectivity index (χ4v) is 3.20. The molecule has 20 heavy (non-hydrogen) atoms. The first kappa shape index (κ1) is 13.4. The third-order valence-corrected chi connectivity index (χ3v) is 4.47. The van der Waals surface area contributed by atoms with Crippen molar-refractivity contribution in [3.63, 3.8) is 0 Å². The summed E-state index contributed by atoms with van der Waals surface area (Å²) in [5.41, 5.74) is 4.07. The van der Waals surface area contributed by atoms with Gasteiger partial charge in [-0.2, -0.15) is 0 Å². The van der Waals surface area contributed by atoms with Crippen molar-refractivity contribution in [3.8, 4) is 0 Å². The van der Waals surface area contributed by atoms with E-state index in [1.807, 2.05) is 7.05 Å². The molecule has 1 saturated heterocycles. The summed E-state index contributed by atoms with van der Waals surface area (Å²) in [6, 6.07) is 6.69. The first-order valence-corrected chi connectivity index (χ1v) is 7.46. The molecular weight excluding hydrogens is 250 g/mol. The van der Waals surface area contributed by atoms with Gasteiger partial charge in [-0.25, -0.2) is 0 Å². The maximum absolute atomic E-state index is 11.9. The molecule has 2 aliphatic rings. The third kappa shape index (κ3) is 2.52. The average molecular weight is 273 g/mol. The van der Waals surface area contributed by atoms with E-state index in [0.29, 0.717) is 0 Å². The average Bonchev–Trinajstić information content (AvgIpc) is 2.77. The number of rotatable bonds is 3. The minimum Gasteiger partial charge on any atom is -0.374 e. The number of likely N-dealkylation sites (tertiary alicyclic amines) is 1. The van der Waals surface area contributed by atoms with Crippen LogP contribution in [0.5, 0.6) is 0 Å². The van der Waals surface area contributed by atoms with Crippen LogP contribution >= 0.6 is 0 Å². The Morgan fingerprint density at radius 2 is 2.10 bits per heavy atom. The first-order chi connectivity index (χ1) is 9.65. The van der Waals surface area contributed by atoms with E-state index in [1.54, 1.807) is 4.90 Å². The number of benzene rings is 1. The van der Waals surface area contributed by atoms with Crippen molar-refractivity contribution in [2.75, 3.05) is 32.1 Å². The number of carbonyl (C=O) groups is 1. The molecule has 1 N–H and O–H groups in total. The number of nitrogens with zero attached hydrogens (tertiary/aromatic N) is 2. The van der Waals surface area contributed by atoms with E-state index in [2.05, 4.69) is 35.5 Å². The van der Waals surface area contributed by atoms with Crippen molar-refractivity contribution >= 4 is 11.6 Å². The SMILES string of the molecule is CN1CCC(NCc2ccc3c(c2)CCCN3C)C1=O. The fraction of sp³-hybridized carbons (Fsp3) is 0.562. The molecule has 1 unspecified atom stereocenters. The highest BCUT2D eigenvalue weighted by Crippen LogP contribution is 2.26. The molecule has 1 atom stereocenters. The second-order valence-corrected chi connectivity index (χ2v) is 5.97. The molecule has 1 aromatic carbocycles. The predicted octanol–water partition coefficient (Wildman–Crippen LogP) is 1.39. The Balaban J connectivity index is 1.65. The lowest BCUT2D eigenvalue weighted by Crippen LogP contribution is -2.36. The van der Waals surface area contributed by atoms with Crippen molar-refractivity contribution in [2.24, 2.45) is 0 Å². The highest BCUT2D eigenvalue weighted by molar-refractivity contribution is 5.83. The maximum atomic E-state index is 11.9. The number of nitrogens with one attached hydrogen (secondary N) is 1. The van der Waals surface area contributed by atoms with Gasteiger partial charge in [0.25, 0.3) is 0 Å². The Morgan fingerprint density at radius 3 is 2.85 bits per heavy atom. The summed E-state index contributed by atoms with van der Waals surface area (Å²) in [5.74, 6) is 0.225. The Bertz CT molecular complexity index is 514. The van der Waals surface area contributed by atoms with Crippen molar-refractivity contribution in [1.82, 2.24) is 10.2 Å². The van der Waals surface area contributed by atoms with Crippen LogP contribution in [0.4, 0.5) is 5.69 Å². The molecule has 2 aliphatic heterocycles. The van der Waals surface area contributed by atoms with Crippen LogP contribution in [0.15, 0.2) is 18.2 Å². The summed E-state index contributed by atoms with van der Waals surface area (Å²) in [7, 11) is 4.03. The number of hydrogen-bond acceptors (Lipinski definition) is 3. The van der Waals surface area contributed by atoms with Crippen LogP contribution in [-0.4, -0.2) is 44.0 Å². The lowest BCUT2D eigenvalue weighted by Gasteiger charge is -2.28. The standard InChI is InChI=1S/C16H23N3O/c1-18-8-3-4-13-10-12(5-6-15(13)18)11-17-14-7-9-19(2)16(14)20/h5-6,10,14,17H,3-4,7-9,11H2,1-2H3. The molecule has 1 amide bonds. The van der Waals surface area contributed by atoms with Crippen molar-refractivity contribution in [1.29, 1.82) is 0 Å². The highest BCUT2D eigenvalue weighted by Gasteiger charge is 2.28. The van der Waals surface area contributed by atoms with E-state index in [9.17, 15) is 4.79 Å². The maximum Gasteiger partial charge on any atom is 0.239 e. The predicted molar refractivity (Wildman–Crippen MR) is 80.9 cm³/mol. The minimum atomic E-state index is -0.00120. The molecule has 0 bridgehead atoms. The van der Waals surface area contributed by atoms with E-state index >= 15 is 0 Å². The summed E-state index contributed by atoms with van der Waals surface area (Å²) >= 11 is 0. The van der Waals surface area contributed by atoms with Gasteiger partial charge in [-0.05, 0) is 36.5 Å². The first-order valence-electron chi connectivity index (χ1n) is 7.46. The van der Waals surface area contributed by atoms with Crippen molar-refractivity contribution < 1.29 is 4.79 Å². The van der Waals surface area contributed by atoms with Gasteiger partial charge in [-0.15, -0.1) is 0 Å². The van der Waals surface area contributed by atoms with Crippen LogP contribution in [0.2, 0.25) is 0 Å². The van der Waals surface area contributed by atoms with Crippen LogP contribution in [0.25, 0.3) is 0 Å². The molecule has 4 nitrogen and oxygen atoms in total. The lowest BCUT2D eigenvalue weighted by atomic mass is 9.99. The smallest absolute Gasteiger partial charge is 0.239 e. The van der Waals surface area contributed by atoms with Crippen molar-refractivity contribution in [3.05, 3.63) is 29.3 Å². The zero-order valence-electron chi connectivity index (χ0n) is 12.4.